The summed E-state index contributed by atoms with van der Waals surface area (Å²) in [4.78, 5) is 11.0. The van der Waals surface area contributed by atoms with Crippen LogP contribution in [0.25, 0.3) is 0 Å². The van der Waals surface area contributed by atoms with Crippen LogP contribution in [0.2, 0.25) is 0 Å². The molecule has 68 valence electrons. The fraction of sp³-hybridized carbons (Fsp3) is 0.875. The van der Waals surface area contributed by atoms with Crippen LogP contribution in [-0.4, -0.2) is 34.4 Å². The Bertz CT molecular complexity index is 166. The van der Waals surface area contributed by atoms with Crippen molar-refractivity contribution in [2.75, 3.05) is 6.61 Å². The molecule has 0 aromatic heterocycles. The topological polar surface area (TPSA) is 26.3 Å². The van der Waals surface area contributed by atoms with E-state index in [1.807, 2.05) is 0 Å². The van der Waals surface area contributed by atoms with Crippen LogP contribution >= 0.6 is 0 Å². The minimum Gasteiger partial charge on any atom is -0.379 e. The van der Waals surface area contributed by atoms with Crippen molar-refractivity contribution in [2.24, 2.45) is 0 Å². The quantitative estimate of drug-likeness (QED) is 0.557. The molecule has 0 amide bonds. The molecule has 0 saturated carbocycles. The first-order valence-corrected chi connectivity index (χ1v) is 6.94. The maximum atomic E-state index is 11.0. The molecule has 0 aliphatic carbocycles. The van der Waals surface area contributed by atoms with Crippen molar-refractivity contribution in [3.63, 3.8) is 0 Å². The van der Waals surface area contributed by atoms with Crippen LogP contribution in [0.3, 0.4) is 0 Å². The van der Waals surface area contributed by atoms with Crippen LogP contribution in [0.15, 0.2) is 0 Å². The number of ketones is 1. The Balaban J connectivity index is 2.53. The first kappa shape index (κ1) is 10.00. The Hall–Kier alpha value is -0.0882. The van der Waals surface area contributed by atoms with Crippen molar-refractivity contribution >= 4 is 22.6 Å². The Kier molecular flexibility index (Phi) is 3.53. The van der Waals surface area contributed by atoms with Gasteiger partial charge in [0.25, 0.3) is 0 Å². The van der Waals surface area contributed by atoms with E-state index < -0.39 is 0 Å². The van der Waals surface area contributed by atoms with Crippen molar-refractivity contribution in [1.29, 1.82) is 0 Å². The summed E-state index contributed by atoms with van der Waals surface area (Å²) in [7, 11) is 2.02. The van der Waals surface area contributed by atoms with E-state index in [0.29, 0.717) is 6.42 Å². The summed E-state index contributed by atoms with van der Waals surface area (Å²) < 4.78 is 5.77. The van der Waals surface area contributed by atoms with E-state index in [-0.39, 0.29) is 20.4 Å². The minimum absolute atomic E-state index is 0.0318. The van der Waals surface area contributed by atoms with Gasteiger partial charge in [0.15, 0.2) is 0 Å². The molecule has 1 rings (SSSR count). The van der Waals surface area contributed by atoms with Gasteiger partial charge in [0.05, 0.1) is 12.7 Å². The molecule has 12 heavy (non-hydrogen) atoms. The lowest BCUT2D eigenvalue weighted by molar-refractivity contribution is -0.122. The number of hydrogen-bond acceptors (Lipinski definition) is 2. The smallest absolute Gasteiger partial charge is 0.132 e. The number of carbonyl (C=O) groups is 1. The largest absolute Gasteiger partial charge is 0.379 e. The fourth-order valence-corrected chi connectivity index (χ4v) is 3.46. The van der Waals surface area contributed by atoms with Gasteiger partial charge in [-0.25, -0.2) is 0 Å². The molecular formula is C8H17BO2Si. The van der Waals surface area contributed by atoms with Gasteiger partial charge in [0.1, 0.15) is 5.78 Å². The average molecular weight is 184 g/mol. The predicted octanol–water partition coefficient (Wildman–Crippen LogP) is -0.421. The lowest BCUT2D eigenvalue weighted by atomic mass is 10.0. The van der Waals surface area contributed by atoms with E-state index in [1.165, 1.54) is 12.8 Å². The van der Waals surface area contributed by atoms with Crippen molar-refractivity contribution in [2.45, 2.75) is 37.8 Å². The molecule has 0 radical (unpaired) electrons. The van der Waals surface area contributed by atoms with Crippen LogP contribution in [0.4, 0.5) is 0 Å². The highest BCUT2D eigenvalue weighted by Gasteiger charge is 2.32. The van der Waals surface area contributed by atoms with Crippen LogP contribution < -0.4 is 0 Å². The second-order valence-corrected chi connectivity index (χ2v) is 5.72. The lowest BCUT2D eigenvalue weighted by Crippen LogP contribution is -2.44. The van der Waals surface area contributed by atoms with E-state index >= 15 is 0 Å². The van der Waals surface area contributed by atoms with Gasteiger partial charge in [-0.1, -0.05) is 0 Å². The fourth-order valence-electron chi connectivity index (χ4n) is 1.91. The monoisotopic (exact) mass is 184 g/mol. The second-order valence-electron chi connectivity index (χ2n) is 3.72. The van der Waals surface area contributed by atoms with Gasteiger partial charge >= 0.3 is 0 Å². The normalized spacial score (nSPS) is 31.1. The predicted molar refractivity (Wildman–Crippen MR) is 54.9 cm³/mol. The highest BCUT2D eigenvalue weighted by molar-refractivity contribution is 6.91. The number of carbonyl (C=O) groups excluding carboxylic acids is 1. The maximum absolute atomic E-state index is 11.0. The molecule has 0 N–H and O–H groups in total. The Morgan fingerprint density at radius 1 is 1.67 bits per heavy atom. The van der Waals surface area contributed by atoms with Crippen LogP contribution in [0.5, 0.6) is 0 Å². The molecule has 0 aromatic rings. The summed E-state index contributed by atoms with van der Waals surface area (Å²) in [5.41, 5.74) is 0. The van der Waals surface area contributed by atoms with Gasteiger partial charge in [-0.2, -0.15) is 0 Å². The summed E-state index contributed by atoms with van der Waals surface area (Å²) in [5.74, 6) is 0.284. The molecule has 0 bridgehead atoms. The Morgan fingerprint density at radius 3 is 2.83 bits per heavy atom. The van der Waals surface area contributed by atoms with E-state index in [9.17, 15) is 4.79 Å². The Labute approximate surface area is 77.2 Å². The summed E-state index contributed by atoms with van der Waals surface area (Å²) in [6.45, 7) is 2.54. The third-order valence-corrected chi connectivity index (χ3v) is 4.75. The molecule has 0 spiro atoms. The first-order chi connectivity index (χ1) is 5.68. The Morgan fingerprint density at radius 2 is 2.42 bits per heavy atom. The van der Waals surface area contributed by atoms with Crippen molar-refractivity contribution in [1.82, 2.24) is 0 Å². The molecule has 1 aliphatic heterocycles. The molecule has 1 heterocycles. The number of hydrogen-bond donors (Lipinski definition) is 0. The van der Waals surface area contributed by atoms with Gasteiger partial charge in [0, 0.05) is 22.4 Å². The zero-order chi connectivity index (χ0) is 9.03. The van der Waals surface area contributed by atoms with Crippen molar-refractivity contribution < 1.29 is 9.53 Å². The van der Waals surface area contributed by atoms with E-state index in [2.05, 4.69) is 7.44 Å². The van der Waals surface area contributed by atoms with Crippen LogP contribution in [0.1, 0.15) is 32.6 Å². The second kappa shape index (κ2) is 4.23. The van der Waals surface area contributed by atoms with E-state index in [1.54, 1.807) is 6.92 Å². The first-order valence-electron chi connectivity index (χ1n) is 4.82. The molecule has 0 aromatic carbocycles. The van der Waals surface area contributed by atoms with Gasteiger partial charge in [0.2, 0.25) is 0 Å². The van der Waals surface area contributed by atoms with Gasteiger partial charge in [-0.05, 0) is 26.2 Å². The van der Waals surface area contributed by atoms with Gasteiger partial charge < -0.3 is 4.74 Å². The summed E-state index contributed by atoms with van der Waals surface area (Å²) in [6.07, 6.45) is 4.20. The average Bonchev–Trinajstić information content (AvgIpc) is 2.05. The molecule has 1 unspecified atom stereocenters. The van der Waals surface area contributed by atoms with Crippen molar-refractivity contribution in [3.8, 4) is 0 Å². The molecule has 2 nitrogen and oxygen atoms in total. The maximum Gasteiger partial charge on any atom is 0.132 e. The SMILES string of the molecule is B[SiH2]C1(CC(C)=O)CCCCO1. The number of Topliss-reactive ketones (excluding diaryl/α,β-unsaturated/α-hetero) is 1. The molecule has 1 fully saturated rings. The standard InChI is InChI=1S/C8H17BO2Si/c1-7(10)6-8(12-9)4-2-3-5-11-8/h2-6,9,12H2,1H3. The van der Waals surface area contributed by atoms with Gasteiger partial charge in [-0.15, -0.1) is 0 Å². The van der Waals surface area contributed by atoms with Crippen LogP contribution in [0, 0.1) is 0 Å². The molecular weight excluding hydrogens is 167 g/mol. The third-order valence-electron chi connectivity index (χ3n) is 2.65. The third kappa shape index (κ3) is 2.45. The summed E-state index contributed by atoms with van der Waals surface area (Å²) >= 11 is 0. The highest BCUT2D eigenvalue weighted by atomic mass is 28.2. The molecule has 1 saturated heterocycles. The summed E-state index contributed by atoms with van der Waals surface area (Å²) in [5, 5.41) is 0.0318. The van der Waals surface area contributed by atoms with Crippen LogP contribution in [-0.2, 0) is 9.53 Å². The minimum atomic E-state index is -0.224. The zero-order valence-corrected chi connectivity index (χ0v) is 9.47. The van der Waals surface area contributed by atoms with Gasteiger partial charge in [-0.3, -0.25) is 4.79 Å². The molecule has 1 aliphatic rings. The number of rotatable bonds is 3. The molecule has 4 heteroatoms. The lowest BCUT2D eigenvalue weighted by Gasteiger charge is -2.36. The summed E-state index contributed by atoms with van der Waals surface area (Å²) in [6, 6.07) is 0. The highest BCUT2D eigenvalue weighted by Crippen LogP contribution is 2.26. The van der Waals surface area contributed by atoms with Crippen molar-refractivity contribution in [3.05, 3.63) is 0 Å². The number of ether oxygens (including phenoxy) is 1. The molecule has 1 atom stereocenters. The van der Waals surface area contributed by atoms with E-state index in [0.717, 1.165) is 13.0 Å². The van der Waals surface area contributed by atoms with E-state index in [4.69, 9.17) is 4.74 Å². The zero-order valence-electron chi connectivity index (χ0n) is 8.06.